The normalized spacial score (nSPS) is 12.2. The standard InChI is InChI=1S/C14H14BrClN2OS/c1-9(10-3-2-4-11(15)5-10)17-13(19)6-14-18-12(7-16)8-20-14/h2-5,8-9H,6-7H2,1H3,(H,17,19). The Bertz CT molecular complexity index is 602. The first kappa shape index (κ1) is 15.5. The number of aromatic nitrogens is 1. The fourth-order valence-corrected chi connectivity index (χ4v) is 3.22. The molecule has 0 aliphatic carbocycles. The molecule has 1 atom stereocenters. The quantitative estimate of drug-likeness (QED) is 0.803. The van der Waals surface area contributed by atoms with E-state index in [9.17, 15) is 4.79 Å². The SMILES string of the molecule is CC(NC(=O)Cc1nc(CCl)cs1)c1cccc(Br)c1. The van der Waals surface area contributed by atoms with Gasteiger partial charge in [0.15, 0.2) is 0 Å². The molecule has 0 saturated carbocycles. The number of nitrogens with one attached hydrogen (secondary N) is 1. The summed E-state index contributed by atoms with van der Waals surface area (Å²) in [5.41, 5.74) is 1.88. The molecule has 0 radical (unpaired) electrons. The highest BCUT2D eigenvalue weighted by Crippen LogP contribution is 2.18. The van der Waals surface area contributed by atoms with Crippen molar-refractivity contribution in [1.29, 1.82) is 0 Å². The molecule has 1 heterocycles. The molecular formula is C14H14BrClN2OS. The summed E-state index contributed by atoms with van der Waals surface area (Å²) >= 11 is 10.6. The molecule has 2 rings (SSSR count). The van der Waals surface area contributed by atoms with E-state index in [4.69, 9.17) is 11.6 Å². The predicted octanol–water partition coefficient (Wildman–Crippen LogP) is 4.06. The summed E-state index contributed by atoms with van der Waals surface area (Å²) in [6, 6.07) is 7.87. The minimum Gasteiger partial charge on any atom is -0.349 e. The van der Waals surface area contributed by atoms with E-state index in [1.807, 2.05) is 36.6 Å². The predicted molar refractivity (Wildman–Crippen MR) is 86.1 cm³/mol. The van der Waals surface area contributed by atoms with Crippen LogP contribution in [0.3, 0.4) is 0 Å². The number of amides is 1. The largest absolute Gasteiger partial charge is 0.349 e. The summed E-state index contributed by atoms with van der Waals surface area (Å²) in [5.74, 6) is 0.347. The Morgan fingerprint density at radius 2 is 2.35 bits per heavy atom. The van der Waals surface area contributed by atoms with Gasteiger partial charge >= 0.3 is 0 Å². The van der Waals surface area contributed by atoms with Crippen molar-refractivity contribution in [2.45, 2.75) is 25.3 Å². The van der Waals surface area contributed by atoms with Crippen LogP contribution >= 0.6 is 38.9 Å². The van der Waals surface area contributed by atoms with Gasteiger partial charge in [-0.25, -0.2) is 4.98 Å². The minimum absolute atomic E-state index is 0.0343. The van der Waals surface area contributed by atoms with Gasteiger partial charge in [-0.3, -0.25) is 4.79 Å². The van der Waals surface area contributed by atoms with Crippen molar-refractivity contribution in [3.63, 3.8) is 0 Å². The first-order valence-electron chi connectivity index (χ1n) is 6.12. The number of nitrogens with zero attached hydrogens (tertiary/aromatic N) is 1. The van der Waals surface area contributed by atoms with Crippen LogP contribution in [-0.4, -0.2) is 10.9 Å². The van der Waals surface area contributed by atoms with Crippen molar-refractivity contribution in [1.82, 2.24) is 10.3 Å². The third-order valence-corrected chi connectivity index (χ3v) is 4.44. The van der Waals surface area contributed by atoms with Crippen LogP contribution in [0.1, 0.15) is 29.2 Å². The number of halogens is 2. The van der Waals surface area contributed by atoms with Gasteiger partial charge in [-0.15, -0.1) is 22.9 Å². The molecule has 3 nitrogen and oxygen atoms in total. The molecule has 0 spiro atoms. The average molecular weight is 374 g/mol. The minimum atomic E-state index is -0.0348. The Morgan fingerprint density at radius 1 is 1.55 bits per heavy atom. The molecule has 1 N–H and O–H groups in total. The second-order valence-corrected chi connectivity index (χ2v) is 6.51. The Labute approximate surface area is 135 Å². The fourth-order valence-electron chi connectivity index (χ4n) is 1.78. The molecule has 106 valence electrons. The van der Waals surface area contributed by atoms with E-state index in [1.54, 1.807) is 0 Å². The molecule has 6 heteroatoms. The van der Waals surface area contributed by atoms with Gasteiger partial charge in [0.2, 0.25) is 5.91 Å². The zero-order valence-corrected chi connectivity index (χ0v) is 14.1. The van der Waals surface area contributed by atoms with Crippen LogP contribution in [0, 0.1) is 0 Å². The van der Waals surface area contributed by atoms with Crippen molar-refractivity contribution in [3.8, 4) is 0 Å². The maximum Gasteiger partial charge on any atom is 0.227 e. The molecule has 0 aliphatic heterocycles. The lowest BCUT2D eigenvalue weighted by atomic mass is 10.1. The molecule has 1 aromatic heterocycles. The van der Waals surface area contributed by atoms with Gasteiger partial charge in [0.25, 0.3) is 0 Å². The zero-order valence-electron chi connectivity index (χ0n) is 10.9. The van der Waals surface area contributed by atoms with Crippen LogP contribution in [0.5, 0.6) is 0 Å². The smallest absolute Gasteiger partial charge is 0.227 e. The van der Waals surface area contributed by atoms with Crippen LogP contribution in [0.2, 0.25) is 0 Å². The van der Waals surface area contributed by atoms with E-state index in [0.717, 1.165) is 20.7 Å². The Kier molecular flexibility index (Phi) is 5.57. The second-order valence-electron chi connectivity index (χ2n) is 4.39. The first-order chi connectivity index (χ1) is 9.58. The van der Waals surface area contributed by atoms with Gasteiger partial charge in [-0.05, 0) is 24.6 Å². The maximum atomic E-state index is 12.0. The summed E-state index contributed by atoms with van der Waals surface area (Å²) in [6.45, 7) is 1.96. The molecule has 1 amide bonds. The molecule has 1 unspecified atom stereocenters. The summed E-state index contributed by atoms with van der Waals surface area (Å²) in [4.78, 5) is 16.3. The lowest BCUT2D eigenvalue weighted by Crippen LogP contribution is -2.28. The zero-order chi connectivity index (χ0) is 14.5. The number of carbonyl (C=O) groups is 1. The number of benzene rings is 1. The molecule has 20 heavy (non-hydrogen) atoms. The highest BCUT2D eigenvalue weighted by molar-refractivity contribution is 9.10. The van der Waals surface area contributed by atoms with Gasteiger partial charge in [-0.1, -0.05) is 28.1 Å². The van der Waals surface area contributed by atoms with E-state index in [2.05, 4.69) is 26.2 Å². The number of thiazole rings is 1. The van der Waals surface area contributed by atoms with E-state index < -0.39 is 0 Å². The Morgan fingerprint density at radius 3 is 3.00 bits per heavy atom. The molecular weight excluding hydrogens is 360 g/mol. The van der Waals surface area contributed by atoms with Gasteiger partial charge in [-0.2, -0.15) is 0 Å². The summed E-state index contributed by atoms with van der Waals surface area (Å²) in [7, 11) is 0. The number of carbonyl (C=O) groups excluding carboxylic acids is 1. The highest BCUT2D eigenvalue weighted by Gasteiger charge is 2.12. The highest BCUT2D eigenvalue weighted by atomic mass is 79.9. The molecule has 1 aromatic carbocycles. The van der Waals surface area contributed by atoms with E-state index >= 15 is 0 Å². The van der Waals surface area contributed by atoms with Crippen LogP contribution < -0.4 is 5.32 Å². The van der Waals surface area contributed by atoms with Crippen molar-refractivity contribution in [2.24, 2.45) is 0 Å². The number of rotatable bonds is 5. The van der Waals surface area contributed by atoms with E-state index in [1.165, 1.54) is 11.3 Å². The fraction of sp³-hybridized carbons (Fsp3) is 0.286. The molecule has 0 saturated heterocycles. The number of hydrogen-bond donors (Lipinski definition) is 1. The van der Waals surface area contributed by atoms with Gasteiger partial charge < -0.3 is 5.32 Å². The third-order valence-electron chi connectivity index (χ3n) is 2.77. The monoisotopic (exact) mass is 372 g/mol. The lowest BCUT2D eigenvalue weighted by molar-refractivity contribution is -0.121. The summed E-state index contributed by atoms with van der Waals surface area (Å²) < 4.78 is 1.00. The number of hydrogen-bond acceptors (Lipinski definition) is 3. The van der Waals surface area contributed by atoms with Crippen LogP contribution in [0.4, 0.5) is 0 Å². The summed E-state index contributed by atoms with van der Waals surface area (Å²) in [6.07, 6.45) is 0.292. The van der Waals surface area contributed by atoms with Crippen LogP contribution in [0.25, 0.3) is 0 Å². The van der Waals surface area contributed by atoms with Crippen LogP contribution in [-0.2, 0) is 17.1 Å². The van der Waals surface area contributed by atoms with Crippen molar-refractivity contribution >= 4 is 44.8 Å². The second kappa shape index (κ2) is 7.20. The molecule has 0 aliphatic rings. The maximum absolute atomic E-state index is 12.0. The molecule has 2 aromatic rings. The van der Waals surface area contributed by atoms with Crippen molar-refractivity contribution in [2.75, 3.05) is 0 Å². The average Bonchev–Trinajstić information content (AvgIpc) is 2.86. The van der Waals surface area contributed by atoms with Gasteiger partial charge in [0.05, 0.1) is 24.0 Å². The van der Waals surface area contributed by atoms with Crippen LogP contribution in [0.15, 0.2) is 34.1 Å². The van der Waals surface area contributed by atoms with Crippen molar-refractivity contribution in [3.05, 3.63) is 50.4 Å². The van der Waals surface area contributed by atoms with E-state index in [-0.39, 0.29) is 11.9 Å². The topological polar surface area (TPSA) is 42.0 Å². The molecule has 0 fully saturated rings. The van der Waals surface area contributed by atoms with Crippen molar-refractivity contribution < 1.29 is 4.79 Å². The van der Waals surface area contributed by atoms with Gasteiger partial charge in [0, 0.05) is 9.85 Å². The molecule has 0 bridgehead atoms. The Hall–Kier alpha value is -0.910. The summed E-state index contributed by atoms with van der Waals surface area (Å²) in [5, 5.41) is 5.65. The first-order valence-corrected chi connectivity index (χ1v) is 8.33. The lowest BCUT2D eigenvalue weighted by Gasteiger charge is -2.14. The Balaban J connectivity index is 1.94. The number of alkyl halides is 1. The van der Waals surface area contributed by atoms with Gasteiger partial charge in [0.1, 0.15) is 5.01 Å². The van der Waals surface area contributed by atoms with E-state index in [0.29, 0.717) is 12.3 Å². The third kappa shape index (κ3) is 4.30.